The highest BCUT2D eigenvalue weighted by molar-refractivity contribution is 5.55. The summed E-state index contributed by atoms with van der Waals surface area (Å²) >= 11 is 0. The molecule has 0 unspecified atom stereocenters. The first-order valence-corrected chi connectivity index (χ1v) is 5.16. The lowest BCUT2D eigenvalue weighted by Gasteiger charge is -2.18. The third-order valence-electron chi connectivity index (χ3n) is 3.35. The Morgan fingerprint density at radius 2 is 1.93 bits per heavy atom. The SMILES string of the molecule is COc1c(O)cc(C2(N)CC2)c(C)c1C. The average Bonchev–Trinajstić information content (AvgIpc) is 2.92. The van der Waals surface area contributed by atoms with Crippen LogP contribution in [-0.2, 0) is 5.54 Å². The molecule has 1 saturated carbocycles. The van der Waals surface area contributed by atoms with Gasteiger partial charge in [0.15, 0.2) is 11.5 Å². The predicted molar refractivity (Wildman–Crippen MR) is 59.2 cm³/mol. The monoisotopic (exact) mass is 207 g/mol. The lowest BCUT2D eigenvalue weighted by Crippen LogP contribution is -2.20. The van der Waals surface area contributed by atoms with E-state index in [1.165, 1.54) is 0 Å². The molecule has 1 fully saturated rings. The summed E-state index contributed by atoms with van der Waals surface area (Å²) in [7, 11) is 1.57. The molecule has 1 aliphatic carbocycles. The third-order valence-corrected chi connectivity index (χ3v) is 3.35. The Balaban J connectivity index is 2.59. The van der Waals surface area contributed by atoms with Crippen LogP contribution in [0.2, 0.25) is 0 Å². The van der Waals surface area contributed by atoms with E-state index in [0.717, 1.165) is 29.5 Å². The van der Waals surface area contributed by atoms with Crippen molar-refractivity contribution in [2.24, 2.45) is 5.73 Å². The number of phenols is 1. The van der Waals surface area contributed by atoms with Crippen LogP contribution in [0.15, 0.2) is 6.07 Å². The van der Waals surface area contributed by atoms with Gasteiger partial charge in [-0.15, -0.1) is 0 Å². The summed E-state index contributed by atoms with van der Waals surface area (Å²) in [5.41, 5.74) is 9.10. The molecule has 0 bridgehead atoms. The van der Waals surface area contributed by atoms with E-state index in [9.17, 15) is 5.11 Å². The number of methoxy groups -OCH3 is 1. The second kappa shape index (κ2) is 3.14. The van der Waals surface area contributed by atoms with E-state index in [2.05, 4.69) is 0 Å². The van der Waals surface area contributed by atoms with Crippen LogP contribution in [0.3, 0.4) is 0 Å². The predicted octanol–water partition coefficient (Wildman–Crippen LogP) is 1.97. The number of benzene rings is 1. The molecule has 0 heterocycles. The van der Waals surface area contributed by atoms with Gasteiger partial charge in [0.25, 0.3) is 0 Å². The number of hydrogen-bond acceptors (Lipinski definition) is 3. The van der Waals surface area contributed by atoms with Crippen LogP contribution in [0.1, 0.15) is 29.5 Å². The molecule has 3 N–H and O–H groups in total. The van der Waals surface area contributed by atoms with Crippen LogP contribution in [0.5, 0.6) is 11.5 Å². The second-order valence-electron chi connectivity index (χ2n) is 4.38. The molecule has 2 rings (SSSR count). The van der Waals surface area contributed by atoms with E-state index in [4.69, 9.17) is 10.5 Å². The summed E-state index contributed by atoms with van der Waals surface area (Å²) in [5.74, 6) is 0.743. The zero-order valence-corrected chi connectivity index (χ0v) is 9.42. The molecular formula is C12H17NO2. The highest BCUT2D eigenvalue weighted by Crippen LogP contribution is 2.47. The third kappa shape index (κ3) is 1.47. The molecule has 3 heteroatoms. The van der Waals surface area contributed by atoms with E-state index in [1.54, 1.807) is 13.2 Å². The zero-order valence-electron chi connectivity index (χ0n) is 9.42. The number of ether oxygens (including phenoxy) is 1. The van der Waals surface area contributed by atoms with Gasteiger partial charge in [0.05, 0.1) is 7.11 Å². The maximum absolute atomic E-state index is 9.81. The van der Waals surface area contributed by atoms with Crippen molar-refractivity contribution < 1.29 is 9.84 Å². The van der Waals surface area contributed by atoms with Gasteiger partial charge < -0.3 is 15.6 Å². The molecule has 0 aliphatic heterocycles. The van der Waals surface area contributed by atoms with E-state index >= 15 is 0 Å². The molecule has 0 atom stereocenters. The summed E-state index contributed by atoms with van der Waals surface area (Å²) < 4.78 is 5.15. The first-order valence-electron chi connectivity index (χ1n) is 5.16. The zero-order chi connectivity index (χ0) is 11.2. The van der Waals surface area contributed by atoms with Crippen molar-refractivity contribution in [3.05, 3.63) is 22.8 Å². The normalized spacial score (nSPS) is 17.6. The lowest BCUT2D eigenvalue weighted by molar-refractivity contribution is 0.369. The Bertz CT molecular complexity index is 409. The lowest BCUT2D eigenvalue weighted by atomic mass is 9.95. The fraction of sp³-hybridized carbons (Fsp3) is 0.500. The molecule has 0 saturated heterocycles. The van der Waals surface area contributed by atoms with E-state index in [0.29, 0.717) is 5.75 Å². The smallest absolute Gasteiger partial charge is 0.163 e. The molecule has 1 aromatic rings. The first-order chi connectivity index (χ1) is 6.99. The van der Waals surface area contributed by atoms with Crippen LogP contribution in [-0.4, -0.2) is 12.2 Å². The average molecular weight is 207 g/mol. The largest absolute Gasteiger partial charge is 0.504 e. The van der Waals surface area contributed by atoms with E-state index in [-0.39, 0.29) is 11.3 Å². The minimum absolute atomic E-state index is 0.187. The molecule has 1 aliphatic rings. The van der Waals surface area contributed by atoms with Gasteiger partial charge in [0.1, 0.15) is 0 Å². The van der Waals surface area contributed by atoms with Gasteiger partial charge in [-0.25, -0.2) is 0 Å². The molecule has 0 spiro atoms. The minimum atomic E-state index is -0.210. The van der Waals surface area contributed by atoms with Gasteiger partial charge in [-0.1, -0.05) is 0 Å². The number of rotatable bonds is 2. The van der Waals surface area contributed by atoms with Crippen LogP contribution in [0.4, 0.5) is 0 Å². The van der Waals surface area contributed by atoms with Crippen molar-refractivity contribution in [3.8, 4) is 11.5 Å². The van der Waals surface area contributed by atoms with Crippen molar-refractivity contribution in [1.29, 1.82) is 0 Å². The molecular weight excluding hydrogens is 190 g/mol. The highest BCUT2D eigenvalue weighted by atomic mass is 16.5. The molecule has 0 aromatic heterocycles. The van der Waals surface area contributed by atoms with Gasteiger partial charge in [-0.3, -0.25) is 0 Å². The summed E-state index contributed by atoms with van der Waals surface area (Å²) in [6.45, 7) is 3.97. The summed E-state index contributed by atoms with van der Waals surface area (Å²) in [4.78, 5) is 0. The Hall–Kier alpha value is -1.22. The highest BCUT2D eigenvalue weighted by Gasteiger charge is 2.42. The number of aromatic hydroxyl groups is 1. The van der Waals surface area contributed by atoms with Gasteiger partial charge in [0, 0.05) is 5.54 Å². The molecule has 3 nitrogen and oxygen atoms in total. The van der Waals surface area contributed by atoms with Gasteiger partial charge in [-0.2, -0.15) is 0 Å². The topological polar surface area (TPSA) is 55.5 Å². The Morgan fingerprint density at radius 3 is 2.40 bits per heavy atom. The summed E-state index contributed by atoms with van der Waals surface area (Å²) in [6.07, 6.45) is 2.00. The number of hydrogen-bond donors (Lipinski definition) is 2. The van der Waals surface area contributed by atoms with E-state index in [1.807, 2.05) is 13.8 Å². The first kappa shape index (κ1) is 10.3. The van der Waals surface area contributed by atoms with Gasteiger partial charge >= 0.3 is 0 Å². The van der Waals surface area contributed by atoms with Crippen molar-refractivity contribution in [2.45, 2.75) is 32.2 Å². The molecule has 15 heavy (non-hydrogen) atoms. The minimum Gasteiger partial charge on any atom is -0.504 e. The number of nitrogens with two attached hydrogens (primary N) is 1. The Morgan fingerprint density at radius 1 is 1.33 bits per heavy atom. The maximum Gasteiger partial charge on any atom is 0.163 e. The summed E-state index contributed by atoms with van der Waals surface area (Å²) in [6, 6.07) is 1.74. The fourth-order valence-electron chi connectivity index (χ4n) is 2.05. The molecule has 0 amide bonds. The van der Waals surface area contributed by atoms with Crippen molar-refractivity contribution >= 4 is 0 Å². The van der Waals surface area contributed by atoms with Crippen LogP contribution >= 0.6 is 0 Å². The van der Waals surface area contributed by atoms with Gasteiger partial charge in [0.2, 0.25) is 0 Å². The Kier molecular flexibility index (Phi) is 2.15. The second-order valence-corrected chi connectivity index (χ2v) is 4.38. The van der Waals surface area contributed by atoms with Crippen LogP contribution in [0, 0.1) is 13.8 Å². The summed E-state index contributed by atoms with van der Waals surface area (Å²) in [5, 5.41) is 9.81. The molecule has 82 valence electrons. The van der Waals surface area contributed by atoms with Crippen molar-refractivity contribution in [2.75, 3.05) is 7.11 Å². The van der Waals surface area contributed by atoms with Crippen LogP contribution < -0.4 is 10.5 Å². The van der Waals surface area contributed by atoms with E-state index < -0.39 is 0 Å². The quantitative estimate of drug-likeness (QED) is 0.779. The fourth-order valence-corrected chi connectivity index (χ4v) is 2.05. The molecule has 1 aromatic carbocycles. The maximum atomic E-state index is 9.81. The standard InChI is InChI=1S/C12H17NO2/c1-7-8(2)11(15-3)10(14)6-9(7)12(13)4-5-12/h6,14H,4-5,13H2,1-3H3. The van der Waals surface area contributed by atoms with Crippen molar-refractivity contribution in [3.63, 3.8) is 0 Å². The number of phenolic OH excluding ortho intramolecular Hbond substituents is 1. The van der Waals surface area contributed by atoms with Crippen molar-refractivity contribution in [1.82, 2.24) is 0 Å². The van der Waals surface area contributed by atoms with Gasteiger partial charge in [-0.05, 0) is 49.4 Å². The molecule has 0 radical (unpaired) electrons. The Labute approximate surface area is 89.9 Å². The van der Waals surface area contributed by atoms with Crippen LogP contribution in [0.25, 0.3) is 0 Å².